The van der Waals surface area contributed by atoms with Crippen LogP contribution in [0.4, 0.5) is 13.2 Å². The number of aliphatic imine (C=N–C) groups is 1. The van der Waals surface area contributed by atoms with Gasteiger partial charge in [0.2, 0.25) is 0 Å². The van der Waals surface area contributed by atoms with Crippen molar-refractivity contribution in [3.05, 3.63) is 12.3 Å². The van der Waals surface area contributed by atoms with E-state index in [1.807, 2.05) is 0 Å². The molecule has 0 spiro atoms. The lowest BCUT2D eigenvalue weighted by atomic mass is 10.3. The Balaban J connectivity index is 2.44. The Bertz CT molecular complexity index is 232. The van der Waals surface area contributed by atoms with Gasteiger partial charge in [-0.3, -0.25) is 4.99 Å². The van der Waals surface area contributed by atoms with Crippen molar-refractivity contribution >= 4 is 5.71 Å². The van der Waals surface area contributed by atoms with Crippen LogP contribution in [0.2, 0.25) is 0 Å². The summed E-state index contributed by atoms with van der Waals surface area (Å²) in [5.41, 5.74) is 5.88. The average molecular weight is 193 g/mol. The molecule has 0 aliphatic carbocycles. The van der Waals surface area contributed by atoms with E-state index in [0.29, 0.717) is 5.71 Å². The van der Waals surface area contributed by atoms with Crippen LogP contribution in [0, 0.1) is 0 Å². The predicted molar refractivity (Wildman–Crippen MR) is 43.3 cm³/mol. The molecule has 2 N–H and O–H groups in total. The molecule has 0 unspecified atom stereocenters. The third-order valence-corrected chi connectivity index (χ3v) is 1.52. The zero-order valence-electron chi connectivity index (χ0n) is 6.88. The molecule has 0 amide bonds. The lowest BCUT2D eigenvalue weighted by Crippen LogP contribution is -2.33. The van der Waals surface area contributed by atoms with Gasteiger partial charge in [0.15, 0.2) is 0 Å². The standard InChI is InChI=1S/C7H10F3N3/c8-7(9,10)4-13-2-1-6(3-11)12-5-13/h1-2H,3-5,11H2. The van der Waals surface area contributed by atoms with Crippen molar-refractivity contribution in [2.45, 2.75) is 6.18 Å². The molecule has 1 aliphatic heterocycles. The Labute approximate surface area is 73.7 Å². The molecule has 1 rings (SSSR count). The molecule has 0 aromatic carbocycles. The molecule has 0 aromatic rings. The van der Waals surface area contributed by atoms with Crippen LogP contribution in [0.1, 0.15) is 0 Å². The molecule has 1 aliphatic rings. The van der Waals surface area contributed by atoms with Gasteiger partial charge in [-0.05, 0) is 6.08 Å². The summed E-state index contributed by atoms with van der Waals surface area (Å²) in [6.45, 7) is -0.677. The summed E-state index contributed by atoms with van der Waals surface area (Å²) in [6.07, 6.45) is -1.32. The van der Waals surface area contributed by atoms with E-state index in [2.05, 4.69) is 4.99 Å². The van der Waals surface area contributed by atoms with E-state index in [-0.39, 0.29) is 13.2 Å². The highest BCUT2D eigenvalue weighted by Crippen LogP contribution is 2.17. The minimum atomic E-state index is -4.18. The molecule has 13 heavy (non-hydrogen) atoms. The maximum atomic E-state index is 11.9. The van der Waals surface area contributed by atoms with Crippen molar-refractivity contribution < 1.29 is 13.2 Å². The first kappa shape index (κ1) is 10.0. The van der Waals surface area contributed by atoms with Crippen LogP contribution < -0.4 is 5.73 Å². The summed E-state index contributed by atoms with van der Waals surface area (Å²) in [5, 5.41) is 0. The van der Waals surface area contributed by atoms with Crippen LogP contribution in [0.25, 0.3) is 0 Å². The lowest BCUT2D eigenvalue weighted by Gasteiger charge is -2.22. The smallest absolute Gasteiger partial charge is 0.349 e. The quantitative estimate of drug-likeness (QED) is 0.702. The van der Waals surface area contributed by atoms with Gasteiger partial charge in [-0.15, -0.1) is 0 Å². The number of hydrogen-bond acceptors (Lipinski definition) is 3. The first-order chi connectivity index (χ1) is 6.01. The molecule has 0 saturated heterocycles. The third-order valence-electron chi connectivity index (χ3n) is 1.52. The van der Waals surface area contributed by atoms with Gasteiger partial charge in [-0.1, -0.05) is 0 Å². The van der Waals surface area contributed by atoms with E-state index in [1.54, 1.807) is 0 Å². The second kappa shape index (κ2) is 3.78. The monoisotopic (exact) mass is 193 g/mol. The first-order valence-corrected chi connectivity index (χ1v) is 3.73. The highest BCUT2D eigenvalue weighted by molar-refractivity contribution is 5.96. The van der Waals surface area contributed by atoms with Crippen LogP contribution in [0.3, 0.4) is 0 Å². The van der Waals surface area contributed by atoms with E-state index < -0.39 is 12.7 Å². The Morgan fingerprint density at radius 1 is 1.54 bits per heavy atom. The SMILES string of the molecule is NCC1=NCN(CC(F)(F)F)C=C1. The molecule has 0 bridgehead atoms. The second-order valence-corrected chi connectivity index (χ2v) is 2.67. The van der Waals surface area contributed by atoms with Gasteiger partial charge in [0.25, 0.3) is 0 Å². The fourth-order valence-corrected chi connectivity index (χ4v) is 0.939. The summed E-state index contributed by atoms with van der Waals surface area (Å²) >= 11 is 0. The van der Waals surface area contributed by atoms with Crippen LogP contribution >= 0.6 is 0 Å². The molecule has 74 valence electrons. The van der Waals surface area contributed by atoms with Crippen molar-refractivity contribution in [1.82, 2.24) is 4.90 Å². The molecule has 1 heterocycles. The number of rotatable bonds is 2. The number of nitrogens with two attached hydrogens (primary N) is 1. The molecule has 0 fully saturated rings. The number of hydrogen-bond donors (Lipinski definition) is 1. The van der Waals surface area contributed by atoms with Crippen molar-refractivity contribution in [2.24, 2.45) is 10.7 Å². The van der Waals surface area contributed by atoms with Crippen molar-refractivity contribution in [1.29, 1.82) is 0 Å². The second-order valence-electron chi connectivity index (χ2n) is 2.67. The zero-order chi connectivity index (χ0) is 9.90. The van der Waals surface area contributed by atoms with Crippen LogP contribution in [0.5, 0.6) is 0 Å². The van der Waals surface area contributed by atoms with Gasteiger partial charge in [0.05, 0.1) is 5.71 Å². The van der Waals surface area contributed by atoms with Crippen LogP contribution in [-0.2, 0) is 0 Å². The minimum Gasteiger partial charge on any atom is -0.349 e. The van der Waals surface area contributed by atoms with E-state index in [4.69, 9.17) is 5.73 Å². The Morgan fingerprint density at radius 2 is 2.23 bits per heavy atom. The van der Waals surface area contributed by atoms with E-state index in [1.165, 1.54) is 12.3 Å². The third kappa shape index (κ3) is 3.45. The Morgan fingerprint density at radius 3 is 2.62 bits per heavy atom. The highest BCUT2D eigenvalue weighted by Gasteiger charge is 2.29. The summed E-state index contributed by atoms with van der Waals surface area (Å²) in [4.78, 5) is 4.93. The number of halogens is 3. The minimum absolute atomic E-state index is 0.0303. The molecule has 0 aromatic heterocycles. The fourth-order valence-electron chi connectivity index (χ4n) is 0.939. The maximum absolute atomic E-state index is 11.9. The molecule has 0 saturated carbocycles. The van der Waals surface area contributed by atoms with E-state index in [0.717, 1.165) is 4.90 Å². The van der Waals surface area contributed by atoms with Crippen molar-refractivity contribution in [3.8, 4) is 0 Å². The molecule has 6 heteroatoms. The molecule has 3 nitrogen and oxygen atoms in total. The summed E-state index contributed by atoms with van der Waals surface area (Å²) in [5.74, 6) is 0. The molecule has 0 radical (unpaired) electrons. The van der Waals surface area contributed by atoms with Crippen LogP contribution in [-0.4, -0.2) is 36.5 Å². The Hall–Kier alpha value is -1.04. The zero-order valence-corrected chi connectivity index (χ0v) is 6.88. The summed E-state index contributed by atoms with van der Waals surface area (Å²) in [6, 6.07) is 0. The maximum Gasteiger partial charge on any atom is 0.405 e. The van der Waals surface area contributed by atoms with Gasteiger partial charge >= 0.3 is 6.18 Å². The lowest BCUT2D eigenvalue weighted by molar-refractivity contribution is -0.140. The highest BCUT2D eigenvalue weighted by atomic mass is 19.4. The summed E-state index contributed by atoms with van der Waals surface area (Å²) in [7, 11) is 0. The first-order valence-electron chi connectivity index (χ1n) is 3.73. The van der Waals surface area contributed by atoms with Crippen molar-refractivity contribution in [2.75, 3.05) is 19.8 Å². The Kier molecular flexibility index (Phi) is 2.92. The molecular formula is C7H10F3N3. The van der Waals surface area contributed by atoms with E-state index >= 15 is 0 Å². The van der Waals surface area contributed by atoms with Crippen molar-refractivity contribution in [3.63, 3.8) is 0 Å². The molecule has 0 atom stereocenters. The van der Waals surface area contributed by atoms with Crippen LogP contribution in [0.15, 0.2) is 17.3 Å². The average Bonchev–Trinajstić information content (AvgIpc) is 2.03. The van der Waals surface area contributed by atoms with Gasteiger partial charge in [-0.25, -0.2) is 0 Å². The fraction of sp³-hybridized carbons (Fsp3) is 0.571. The van der Waals surface area contributed by atoms with E-state index in [9.17, 15) is 13.2 Å². The summed E-state index contributed by atoms with van der Waals surface area (Å²) < 4.78 is 35.6. The van der Waals surface area contributed by atoms with Gasteiger partial charge in [-0.2, -0.15) is 13.2 Å². The van der Waals surface area contributed by atoms with Gasteiger partial charge in [0, 0.05) is 12.7 Å². The van der Waals surface area contributed by atoms with Gasteiger partial charge < -0.3 is 10.6 Å². The predicted octanol–water partition coefficient (Wildman–Crippen LogP) is 0.735. The largest absolute Gasteiger partial charge is 0.405 e. The number of alkyl halides is 3. The normalized spacial score (nSPS) is 17.5. The number of nitrogens with zero attached hydrogens (tertiary/aromatic N) is 2. The molecular weight excluding hydrogens is 183 g/mol. The van der Waals surface area contributed by atoms with Gasteiger partial charge in [0.1, 0.15) is 13.2 Å². The topological polar surface area (TPSA) is 41.6 Å².